The van der Waals surface area contributed by atoms with Crippen molar-refractivity contribution in [3.8, 4) is 0 Å². The summed E-state index contributed by atoms with van der Waals surface area (Å²) >= 11 is 0. The summed E-state index contributed by atoms with van der Waals surface area (Å²) in [7, 11) is 0. The minimum absolute atomic E-state index is 0.624. The lowest BCUT2D eigenvalue weighted by molar-refractivity contribution is -0.0249. The first-order valence-electron chi connectivity index (χ1n) is 10.5. The number of allylic oxidation sites excluding steroid dienone is 1. The number of fused-ring (bicyclic) bond motifs is 5. The molecule has 0 aromatic rings. The fraction of sp³-hybridized carbons (Fsp3) is 0.913. The van der Waals surface area contributed by atoms with Crippen LogP contribution >= 0.6 is 0 Å². The van der Waals surface area contributed by atoms with Crippen LogP contribution in [0, 0.1) is 52.8 Å². The van der Waals surface area contributed by atoms with Crippen molar-refractivity contribution in [2.45, 2.75) is 79.1 Å². The van der Waals surface area contributed by atoms with E-state index < -0.39 is 0 Å². The molecule has 0 nitrogen and oxygen atoms in total. The fourth-order valence-electron chi connectivity index (χ4n) is 7.18. The zero-order chi connectivity index (χ0) is 16.4. The quantitative estimate of drug-likeness (QED) is 0.506. The van der Waals surface area contributed by atoms with Gasteiger partial charge in [-0.15, -0.1) is 0 Å². The van der Waals surface area contributed by atoms with E-state index in [2.05, 4.69) is 34.3 Å². The standard InChI is InChI=1S/C23H38/c1-14(2)15(3)6-8-23(5)9-7-19-18(13-23)10-16(4)20-11-17-12-21(17)22(19)20/h15-22H,1,6-13H2,2-5H3. The average Bonchev–Trinajstić information content (AvgIpc) is 3.16. The lowest BCUT2D eigenvalue weighted by Crippen LogP contribution is -2.44. The molecule has 23 heavy (non-hydrogen) atoms. The summed E-state index contributed by atoms with van der Waals surface area (Å²) in [5.41, 5.74) is 2.00. The molecule has 0 radical (unpaired) electrons. The maximum Gasteiger partial charge on any atom is -0.0237 e. The minimum atomic E-state index is 0.624. The summed E-state index contributed by atoms with van der Waals surface area (Å²) < 4.78 is 0. The Morgan fingerprint density at radius 3 is 2.61 bits per heavy atom. The Morgan fingerprint density at radius 2 is 1.87 bits per heavy atom. The van der Waals surface area contributed by atoms with Crippen LogP contribution in [0.2, 0.25) is 0 Å². The molecule has 9 unspecified atom stereocenters. The van der Waals surface area contributed by atoms with Crippen LogP contribution in [0.15, 0.2) is 12.2 Å². The van der Waals surface area contributed by atoms with Gasteiger partial charge in [0.1, 0.15) is 0 Å². The van der Waals surface area contributed by atoms with Gasteiger partial charge in [-0.3, -0.25) is 0 Å². The molecular weight excluding hydrogens is 276 g/mol. The van der Waals surface area contributed by atoms with Crippen molar-refractivity contribution in [2.75, 3.05) is 0 Å². The first-order chi connectivity index (χ1) is 10.9. The summed E-state index contributed by atoms with van der Waals surface area (Å²) in [5, 5.41) is 0. The zero-order valence-corrected chi connectivity index (χ0v) is 16.0. The Bertz CT molecular complexity index is 476. The van der Waals surface area contributed by atoms with Crippen LogP contribution in [0.3, 0.4) is 0 Å². The Hall–Kier alpha value is -0.260. The van der Waals surface area contributed by atoms with Gasteiger partial charge in [-0.1, -0.05) is 32.9 Å². The topological polar surface area (TPSA) is 0 Å². The van der Waals surface area contributed by atoms with Gasteiger partial charge < -0.3 is 0 Å². The Labute approximate surface area is 144 Å². The van der Waals surface area contributed by atoms with Crippen molar-refractivity contribution in [3.63, 3.8) is 0 Å². The van der Waals surface area contributed by atoms with Crippen molar-refractivity contribution in [2.24, 2.45) is 52.8 Å². The maximum atomic E-state index is 4.17. The highest BCUT2D eigenvalue weighted by atomic mass is 14.7. The van der Waals surface area contributed by atoms with E-state index in [-0.39, 0.29) is 0 Å². The number of hydrogen-bond donors (Lipinski definition) is 0. The Morgan fingerprint density at radius 1 is 1.13 bits per heavy atom. The minimum Gasteiger partial charge on any atom is -0.0999 e. The second-order valence-electron chi connectivity index (χ2n) is 10.6. The van der Waals surface area contributed by atoms with E-state index in [0.29, 0.717) is 11.3 Å². The molecule has 0 aromatic heterocycles. The summed E-state index contributed by atoms with van der Waals surface area (Å²) in [6, 6.07) is 0. The van der Waals surface area contributed by atoms with Gasteiger partial charge in [-0.2, -0.15) is 0 Å². The van der Waals surface area contributed by atoms with Crippen molar-refractivity contribution in [3.05, 3.63) is 12.2 Å². The second kappa shape index (κ2) is 5.63. The van der Waals surface area contributed by atoms with Gasteiger partial charge in [-0.25, -0.2) is 0 Å². The molecule has 0 saturated heterocycles. The van der Waals surface area contributed by atoms with Crippen LogP contribution in [0.5, 0.6) is 0 Å². The third-order valence-electron chi connectivity index (χ3n) is 8.90. The van der Waals surface area contributed by atoms with Gasteiger partial charge in [0.15, 0.2) is 0 Å². The van der Waals surface area contributed by atoms with Crippen LogP contribution < -0.4 is 0 Å². The molecule has 0 heterocycles. The molecule has 0 aromatic carbocycles. The van der Waals surface area contributed by atoms with Gasteiger partial charge >= 0.3 is 0 Å². The molecule has 4 rings (SSSR count). The van der Waals surface area contributed by atoms with Crippen LogP contribution in [-0.4, -0.2) is 0 Å². The van der Waals surface area contributed by atoms with Crippen molar-refractivity contribution in [1.29, 1.82) is 0 Å². The van der Waals surface area contributed by atoms with Crippen LogP contribution in [0.1, 0.15) is 79.1 Å². The van der Waals surface area contributed by atoms with E-state index in [4.69, 9.17) is 0 Å². The average molecular weight is 315 g/mol. The third-order valence-corrected chi connectivity index (χ3v) is 8.90. The largest absolute Gasteiger partial charge is 0.0999 e. The Kier molecular flexibility index (Phi) is 3.97. The fourth-order valence-corrected chi connectivity index (χ4v) is 7.18. The van der Waals surface area contributed by atoms with E-state index in [1.807, 2.05) is 0 Å². The van der Waals surface area contributed by atoms with E-state index >= 15 is 0 Å². The lowest BCUT2D eigenvalue weighted by Gasteiger charge is -2.52. The predicted molar refractivity (Wildman–Crippen MR) is 99.1 cm³/mol. The highest BCUT2D eigenvalue weighted by Gasteiger charge is 2.60. The predicted octanol–water partition coefficient (Wildman–Crippen LogP) is 6.71. The van der Waals surface area contributed by atoms with Crippen molar-refractivity contribution < 1.29 is 0 Å². The first kappa shape index (κ1) is 16.2. The van der Waals surface area contributed by atoms with Crippen molar-refractivity contribution >= 4 is 0 Å². The molecule has 130 valence electrons. The molecule has 0 aliphatic heterocycles. The summed E-state index contributed by atoms with van der Waals surface area (Å²) in [6.45, 7) is 13.9. The van der Waals surface area contributed by atoms with Crippen molar-refractivity contribution in [1.82, 2.24) is 0 Å². The highest BCUT2D eigenvalue weighted by Crippen LogP contribution is 2.68. The van der Waals surface area contributed by atoms with E-state index in [0.717, 1.165) is 35.5 Å². The van der Waals surface area contributed by atoms with Gasteiger partial charge in [-0.05, 0) is 111 Å². The third kappa shape index (κ3) is 2.83. The van der Waals surface area contributed by atoms with Gasteiger partial charge in [0.2, 0.25) is 0 Å². The maximum absolute atomic E-state index is 4.17. The molecule has 0 amide bonds. The normalized spacial score (nSPS) is 52.3. The molecule has 0 spiro atoms. The summed E-state index contributed by atoms with van der Waals surface area (Å²) in [5.74, 6) is 8.50. The second-order valence-corrected chi connectivity index (χ2v) is 10.6. The van der Waals surface area contributed by atoms with E-state index in [1.165, 1.54) is 37.2 Å². The summed E-state index contributed by atoms with van der Waals surface area (Å²) in [4.78, 5) is 0. The van der Waals surface area contributed by atoms with E-state index in [9.17, 15) is 0 Å². The lowest BCUT2D eigenvalue weighted by atomic mass is 9.53. The van der Waals surface area contributed by atoms with Gasteiger partial charge in [0, 0.05) is 0 Å². The number of rotatable bonds is 4. The molecule has 4 aliphatic rings. The molecule has 4 aliphatic carbocycles. The molecular formula is C23H38. The van der Waals surface area contributed by atoms with Crippen LogP contribution in [0.4, 0.5) is 0 Å². The van der Waals surface area contributed by atoms with Crippen LogP contribution in [0.25, 0.3) is 0 Å². The molecule has 0 N–H and O–H groups in total. The molecule has 0 bridgehead atoms. The summed E-state index contributed by atoms with van der Waals surface area (Å²) in [6.07, 6.45) is 12.1. The molecule has 4 fully saturated rings. The molecule has 0 heteroatoms. The molecule has 9 atom stereocenters. The van der Waals surface area contributed by atoms with Gasteiger partial charge in [0.25, 0.3) is 0 Å². The SMILES string of the molecule is C=C(C)C(C)CCC1(C)CCC2C(CC(C)C3CC4CC4C32)C1. The smallest absolute Gasteiger partial charge is 0.0237 e. The first-order valence-corrected chi connectivity index (χ1v) is 10.5. The zero-order valence-electron chi connectivity index (χ0n) is 16.0. The van der Waals surface area contributed by atoms with E-state index in [1.54, 1.807) is 25.7 Å². The Balaban J connectivity index is 1.42. The van der Waals surface area contributed by atoms with Gasteiger partial charge in [0.05, 0.1) is 0 Å². The number of hydrogen-bond acceptors (Lipinski definition) is 0. The monoisotopic (exact) mass is 314 g/mol. The molecule has 4 saturated carbocycles. The van der Waals surface area contributed by atoms with Crippen LogP contribution in [-0.2, 0) is 0 Å². The highest BCUT2D eigenvalue weighted by molar-refractivity contribution is 5.09.